The second kappa shape index (κ2) is 6.25. The van der Waals surface area contributed by atoms with Gasteiger partial charge >= 0.3 is 0 Å². The number of ketones is 1. The largest absolute Gasteiger partial charge is 0.378 e. The number of nitro groups is 1. The molecule has 1 heterocycles. The summed E-state index contributed by atoms with van der Waals surface area (Å²) < 4.78 is 0. The first kappa shape index (κ1) is 16.8. The summed E-state index contributed by atoms with van der Waals surface area (Å²) in [7, 11) is 0. The molecular formula is C20H17ClN2O3. The number of Topliss-reactive ketones (excluding diaryl/α,β-unsaturated/α-hetero) is 1. The highest BCUT2D eigenvalue weighted by molar-refractivity contribution is 6.31. The fourth-order valence-corrected chi connectivity index (χ4v) is 4.24. The summed E-state index contributed by atoms with van der Waals surface area (Å²) in [4.78, 5) is 22.5. The van der Waals surface area contributed by atoms with Gasteiger partial charge < -0.3 is 5.32 Å². The number of nitro benzene ring substituents is 1. The summed E-state index contributed by atoms with van der Waals surface area (Å²) in [6.45, 7) is 1.56. The van der Waals surface area contributed by atoms with Gasteiger partial charge in [0.05, 0.1) is 11.0 Å². The Morgan fingerprint density at radius 3 is 2.77 bits per heavy atom. The lowest BCUT2D eigenvalue weighted by molar-refractivity contribution is -0.384. The van der Waals surface area contributed by atoms with Gasteiger partial charge in [-0.05, 0) is 49.1 Å². The minimum atomic E-state index is -0.403. The average Bonchev–Trinajstić information content (AvgIpc) is 3.11. The van der Waals surface area contributed by atoms with E-state index >= 15 is 0 Å². The summed E-state index contributed by atoms with van der Waals surface area (Å²) in [5.41, 5.74) is 3.49. The molecule has 0 spiro atoms. The van der Waals surface area contributed by atoms with Crippen LogP contribution in [0.3, 0.4) is 0 Å². The highest BCUT2D eigenvalue weighted by atomic mass is 35.5. The molecule has 0 saturated heterocycles. The molecule has 0 unspecified atom stereocenters. The number of hydrogen-bond acceptors (Lipinski definition) is 4. The Kier molecular flexibility index (Phi) is 4.04. The molecule has 0 bridgehead atoms. The second-order valence-electron chi connectivity index (χ2n) is 6.80. The van der Waals surface area contributed by atoms with Crippen LogP contribution < -0.4 is 5.32 Å². The van der Waals surface area contributed by atoms with Crippen molar-refractivity contribution in [3.8, 4) is 0 Å². The lowest BCUT2D eigenvalue weighted by Gasteiger charge is -2.38. The van der Waals surface area contributed by atoms with Crippen molar-refractivity contribution in [3.05, 3.63) is 80.4 Å². The Bertz CT molecular complexity index is 954. The molecule has 132 valence electrons. The summed E-state index contributed by atoms with van der Waals surface area (Å²) in [5.74, 6) is 0.394. The average molecular weight is 369 g/mol. The Labute approximate surface area is 155 Å². The SMILES string of the molecule is CC(=O)c1ccc2c(c1)[C@H]1C=CC[C@H]1[C@H](c1cc([N+](=O)[O-])ccc1Cl)N2. The Morgan fingerprint density at radius 2 is 2.04 bits per heavy atom. The molecule has 26 heavy (non-hydrogen) atoms. The van der Waals surface area contributed by atoms with Crippen molar-refractivity contribution in [2.75, 3.05) is 5.32 Å². The maximum absolute atomic E-state index is 11.7. The standard InChI is InChI=1S/C20H17ClN2O3/c1-11(24)12-5-8-19-16(9-12)14-3-2-4-15(14)20(22-19)17-10-13(23(25)26)6-7-18(17)21/h2-3,5-10,14-15,20,22H,4H2,1H3/t14-,15+,20+/m0/s1. The van der Waals surface area contributed by atoms with E-state index < -0.39 is 4.92 Å². The van der Waals surface area contributed by atoms with Gasteiger partial charge in [-0.15, -0.1) is 0 Å². The van der Waals surface area contributed by atoms with E-state index in [0.29, 0.717) is 10.6 Å². The van der Waals surface area contributed by atoms with Gasteiger partial charge in [0.2, 0.25) is 0 Å². The van der Waals surface area contributed by atoms with E-state index in [2.05, 4.69) is 17.5 Å². The third kappa shape index (κ3) is 2.69. The molecule has 0 saturated carbocycles. The fourth-order valence-electron chi connectivity index (χ4n) is 4.00. The number of carbonyl (C=O) groups is 1. The molecule has 1 N–H and O–H groups in total. The van der Waals surface area contributed by atoms with Crippen LogP contribution in [-0.2, 0) is 0 Å². The van der Waals surface area contributed by atoms with E-state index in [1.807, 2.05) is 12.1 Å². The van der Waals surface area contributed by atoms with Gasteiger partial charge in [-0.25, -0.2) is 0 Å². The third-order valence-electron chi connectivity index (χ3n) is 5.29. The van der Waals surface area contributed by atoms with Crippen LogP contribution >= 0.6 is 11.6 Å². The molecule has 0 amide bonds. The van der Waals surface area contributed by atoms with Gasteiger partial charge in [0.25, 0.3) is 5.69 Å². The van der Waals surface area contributed by atoms with Crippen LogP contribution in [0.25, 0.3) is 0 Å². The number of allylic oxidation sites excluding steroid dienone is 2. The number of fused-ring (bicyclic) bond motifs is 3. The van der Waals surface area contributed by atoms with Crippen LogP contribution in [0.5, 0.6) is 0 Å². The molecule has 5 nitrogen and oxygen atoms in total. The number of non-ortho nitro benzene ring substituents is 1. The molecule has 3 atom stereocenters. The second-order valence-corrected chi connectivity index (χ2v) is 7.20. The molecule has 2 aromatic carbocycles. The number of anilines is 1. The summed E-state index contributed by atoms with van der Waals surface area (Å²) in [6.07, 6.45) is 5.14. The first-order valence-corrected chi connectivity index (χ1v) is 8.85. The monoisotopic (exact) mass is 368 g/mol. The number of halogens is 1. The molecular weight excluding hydrogens is 352 g/mol. The van der Waals surface area contributed by atoms with Gasteiger partial charge in [0.15, 0.2) is 5.78 Å². The number of nitrogens with zero attached hydrogens (tertiary/aromatic N) is 1. The van der Waals surface area contributed by atoms with E-state index in [1.54, 1.807) is 25.1 Å². The van der Waals surface area contributed by atoms with Gasteiger partial charge in [-0.3, -0.25) is 14.9 Å². The number of hydrogen-bond donors (Lipinski definition) is 1. The minimum Gasteiger partial charge on any atom is -0.378 e. The number of benzene rings is 2. The third-order valence-corrected chi connectivity index (χ3v) is 5.64. The minimum absolute atomic E-state index is 0.0337. The molecule has 6 heteroatoms. The molecule has 2 aliphatic rings. The van der Waals surface area contributed by atoms with Crippen LogP contribution in [0.2, 0.25) is 5.02 Å². The smallest absolute Gasteiger partial charge is 0.269 e. The van der Waals surface area contributed by atoms with Gasteiger partial charge in [-0.2, -0.15) is 0 Å². The zero-order valence-electron chi connectivity index (χ0n) is 14.1. The number of carbonyl (C=O) groups excluding carboxylic acids is 1. The van der Waals surface area contributed by atoms with Gasteiger partial charge in [-0.1, -0.05) is 23.8 Å². The first-order valence-electron chi connectivity index (χ1n) is 8.47. The molecule has 0 aromatic heterocycles. The van der Waals surface area contributed by atoms with Crippen LogP contribution in [-0.4, -0.2) is 10.7 Å². The van der Waals surface area contributed by atoms with Crippen LogP contribution in [0, 0.1) is 16.0 Å². The zero-order valence-corrected chi connectivity index (χ0v) is 14.9. The Hall–Kier alpha value is -2.66. The zero-order chi connectivity index (χ0) is 18.4. The quantitative estimate of drug-likeness (QED) is 0.346. The lowest BCUT2D eigenvalue weighted by Crippen LogP contribution is -2.29. The van der Waals surface area contributed by atoms with Crippen molar-refractivity contribution in [1.29, 1.82) is 0 Å². The molecule has 0 fully saturated rings. The predicted octanol–water partition coefficient (Wildman–Crippen LogP) is 5.28. The van der Waals surface area contributed by atoms with Crippen molar-refractivity contribution in [2.24, 2.45) is 5.92 Å². The van der Waals surface area contributed by atoms with Crippen LogP contribution in [0.4, 0.5) is 11.4 Å². The predicted molar refractivity (Wildman–Crippen MR) is 101 cm³/mol. The summed E-state index contributed by atoms with van der Waals surface area (Å²) >= 11 is 6.39. The van der Waals surface area contributed by atoms with Crippen molar-refractivity contribution in [2.45, 2.75) is 25.3 Å². The van der Waals surface area contributed by atoms with Crippen LogP contribution in [0.1, 0.15) is 46.8 Å². The summed E-state index contributed by atoms with van der Waals surface area (Å²) in [5, 5.41) is 15.2. The van der Waals surface area contributed by atoms with Gasteiger partial charge in [0.1, 0.15) is 0 Å². The highest BCUT2D eigenvalue weighted by Gasteiger charge is 2.39. The van der Waals surface area contributed by atoms with Crippen molar-refractivity contribution in [1.82, 2.24) is 0 Å². The van der Waals surface area contributed by atoms with Crippen molar-refractivity contribution in [3.63, 3.8) is 0 Å². The van der Waals surface area contributed by atoms with E-state index in [4.69, 9.17) is 11.6 Å². The maximum Gasteiger partial charge on any atom is 0.269 e. The molecule has 0 radical (unpaired) electrons. The molecule has 2 aromatic rings. The van der Waals surface area contributed by atoms with E-state index in [1.165, 1.54) is 6.07 Å². The Balaban J connectivity index is 1.80. The Morgan fingerprint density at radius 1 is 1.23 bits per heavy atom. The maximum atomic E-state index is 11.7. The molecule has 1 aliphatic heterocycles. The van der Waals surface area contributed by atoms with E-state index in [9.17, 15) is 14.9 Å². The van der Waals surface area contributed by atoms with Crippen LogP contribution in [0.15, 0.2) is 48.6 Å². The number of nitrogens with one attached hydrogen (secondary N) is 1. The number of rotatable bonds is 3. The lowest BCUT2D eigenvalue weighted by atomic mass is 9.76. The first-order chi connectivity index (χ1) is 12.5. The molecule has 1 aliphatic carbocycles. The molecule has 4 rings (SSSR count). The topological polar surface area (TPSA) is 72.2 Å². The van der Waals surface area contributed by atoms with E-state index in [0.717, 1.165) is 23.2 Å². The van der Waals surface area contributed by atoms with E-state index in [-0.39, 0.29) is 29.3 Å². The normalized spacial score (nSPS) is 23.1. The fraction of sp³-hybridized carbons (Fsp3) is 0.250. The highest BCUT2D eigenvalue weighted by Crippen LogP contribution is 2.51. The van der Waals surface area contributed by atoms with Gasteiger partial charge in [0, 0.05) is 39.9 Å². The van der Waals surface area contributed by atoms with Crippen molar-refractivity contribution < 1.29 is 9.72 Å². The summed E-state index contributed by atoms with van der Waals surface area (Å²) in [6, 6.07) is 10.1. The van der Waals surface area contributed by atoms with Crippen molar-refractivity contribution >= 4 is 28.8 Å².